The van der Waals surface area contributed by atoms with Crippen molar-refractivity contribution in [2.24, 2.45) is 5.41 Å². The zero-order valence-corrected chi connectivity index (χ0v) is 22.0. The van der Waals surface area contributed by atoms with Crippen molar-refractivity contribution in [3.8, 4) is 11.8 Å². The van der Waals surface area contributed by atoms with Crippen LogP contribution in [0, 0.1) is 5.41 Å². The molecule has 0 aliphatic carbocycles. The van der Waals surface area contributed by atoms with Gasteiger partial charge in [-0.15, -0.1) is 11.8 Å². The van der Waals surface area contributed by atoms with Crippen LogP contribution in [0.15, 0.2) is 40.0 Å². The van der Waals surface area contributed by atoms with Crippen molar-refractivity contribution < 1.29 is 18.7 Å². The SMILES string of the molecule is CC(C)(C)C(=O)Oc1ccc2c(c1)SCC(Br)=C2c1cnc(OC2CCN(CCCF)C2)nc1. The number of alkyl halides is 1. The smallest absolute Gasteiger partial charge is 0.316 e. The van der Waals surface area contributed by atoms with Crippen LogP contribution in [0.2, 0.25) is 0 Å². The molecule has 9 heteroatoms. The summed E-state index contributed by atoms with van der Waals surface area (Å²) in [4.78, 5) is 24.4. The minimum atomic E-state index is -0.566. The molecule has 1 saturated heterocycles. The largest absolute Gasteiger partial charge is 0.459 e. The lowest BCUT2D eigenvalue weighted by Gasteiger charge is -2.22. The van der Waals surface area contributed by atoms with Crippen LogP contribution in [0.25, 0.3) is 5.57 Å². The number of esters is 1. The van der Waals surface area contributed by atoms with E-state index in [1.54, 1.807) is 24.2 Å². The first-order valence-corrected chi connectivity index (χ1v) is 13.2. The van der Waals surface area contributed by atoms with E-state index >= 15 is 0 Å². The van der Waals surface area contributed by atoms with Gasteiger partial charge in [0.25, 0.3) is 0 Å². The maximum absolute atomic E-state index is 12.4. The summed E-state index contributed by atoms with van der Waals surface area (Å²) >= 11 is 5.40. The van der Waals surface area contributed by atoms with Crippen LogP contribution in [0.1, 0.15) is 44.7 Å². The summed E-state index contributed by atoms with van der Waals surface area (Å²) in [7, 11) is 0. The molecule has 0 saturated carbocycles. The predicted molar refractivity (Wildman–Crippen MR) is 135 cm³/mol. The Morgan fingerprint density at radius 1 is 1.29 bits per heavy atom. The van der Waals surface area contributed by atoms with Crippen molar-refractivity contribution in [3.05, 3.63) is 46.2 Å². The van der Waals surface area contributed by atoms with Gasteiger partial charge in [0, 0.05) is 58.3 Å². The number of carbonyl (C=O) groups is 1. The highest BCUT2D eigenvalue weighted by atomic mass is 79.9. The van der Waals surface area contributed by atoms with Crippen LogP contribution in [-0.2, 0) is 4.79 Å². The second kappa shape index (κ2) is 10.7. The molecule has 182 valence electrons. The van der Waals surface area contributed by atoms with Gasteiger partial charge in [0.2, 0.25) is 0 Å². The fourth-order valence-electron chi connectivity index (χ4n) is 3.86. The molecule has 1 unspecified atom stereocenters. The van der Waals surface area contributed by atoms with Crippen LogP contribution in [0.5, 0.6) is 11.8 Å². The molecular weight excluding hydrogens is 521 g/mol. The predicted octanol–water partition coefficient (Wildman–Crippen LogP) is 5.50. The maximum Gasteiger partial charge on any atom is 0.316 e. The van der Waals surface area contributed by atoms with E-state index in [9.17, 15) is 9.18 Å². The number of halogens is 2. The van der Waals surface area contributed by atoms with E-state index in [-0.39, 0.29) is 18.7 Å². The van der Waals surface area contributed by atoms with E-state index < -0.39 is 5.41 Å². The highest BCUT2D eigenvalue weighted by molar-refractivity contribution is 9.12. The quantitative estimate of drug-likeness (QED) is 0.333. The van der Waals surface area contributed by atoms with Crippen molar-refractivity contribution in [2.45, 2.75) is 44.6 Å². The Bertz CT molecular complexity index is 1070. The van der Waals surface area contributed by atoms with Crippen molar-refractivity contribution in [2.75, 3.05) is 32.1 Å². The van der Waals surface area contributed by atoms with E-state index in [2.05, 4.69) is 30.8 Å². The monoisotopic (exact) mass is 549 g/mol. The van der Waals surface area contributed by atoms with Gasteiger partial charge < -0.3 is 9.47 Å². The van der Waals surface area contributed by atoms with Crippen LogP contribution in [0.4, 0.5) is 4.39 Å². The Morgan fingerprint density at radius 3 is 2.76 bits per heavy atom. The normalized spacial score (nSPS) is 18.7. The van der Waals surface area contributed by atoms with Gasteiger partial charge in [-0.3, -0.25) is 14.1 Å². The summed E-state index contributed by atoms with van der Waals surface area (Å²) < 4.78 is 25.0. The number of ether oxygens (including phenoxy) is 2. The lowest BCUT2D eigenvalue weighted by molar-refractivity contribution is -0.143. The lowest BCUT2D eigenvalue weighted by Crippen LogP contribution is -2.26. The second-order valence-corrected chi connectivity index (χ2v) is 11.5. The first kappa shape index (κ1) is 25.1. The van der Waals surface area contributed by atoms with Gasteiger partial charge in [0.15, 0.2) is 0 Å². The minimum Gasteiger partial charge on any atom is -0.459 e. The molecule has 34 heavy (non-hydrogen) atoms. The molecule has 0 bridgehead atoms. The summed E-state index contributed by atoms with van der Waals surface area (Å²) in [5.74, 6) is 1.04. The van der Waals surface area contributed by atoms with Crippen molar-refractivity contribution in [1.82, 2.24) is 14.9 Å². The van der Waals surface area contributed by atoms with Gasteiger partial charge in [0.1, 0.15) is 11.9 Å². The van der Waals surface area contributed by atoms with Crippen molar-refractivity contribution >= 4 is 39.2 Å². The zero-order valence-electron chi connectivity index (χ0n) is 19.6. The van der Waals surface area contributed by atoms with E-state index in [0.29, 0.717) is 18.2 Å². The average Bonchev–Trinajstić information content (AvgIpc) is 3.25. The first-order valence-electron chi connectivity index (χ1n) is 11.4. The van der Waals surface area contributed by atoms with E-state index in [4.69, 9.17) is 9.47 Å². The Morgan fingerprint density at radius 2 is 2.06 bits per heavy atom. The Hall–Kier alpha value is -1.97. The molecule has 2 aromatic rings. The summed E-state index contributed by atoms with van der Waals surface area (Å²) in [6, 6.07) is 6.06. The van der Waals surface area contributed by atoms with Gasteiger partial charge in [0.05, 0.1) is 12.1 Å². The minimum absolute atomic E-state index is 0.0254. The third-order valence-electron chi connectivity index (χ3n) is 5.70. The molecule has 2 aliphatic rings. The Balaban J connectivity index is 1.47. The number of hydrogen-bond donors (Lipinski definition) is 0. The molecule has 0 radical (unpaired) electrons. The Kier molecular flexibility index (Phi) is 7.94. The van der Waals surface area contributed by atoms with Gasteiger partial charge in [-0.1, -0.05) is 15.9 Å². The fourth-order valence-corrected chi connectivity index (χ4v) is 5.60. The number of carbonyl (C=O) groups excluding carboxylic acids is 1. The number of hydrogen-bond acceptors (Lipinski definition) is 7. The standard InChI is InChI=1S/C25H29BrFN3O3S/c1-25(2,3)23(31)32-17-5-6-19-21(11-17)34-15-20(26)22(19)16-12-28-24(29-13-16)33-18-7-10-30(14-18)9-4-8-27/h5-6,11-13,18H,4,7-10,14-15H2,1-3H3. The van der Waals surface area contributed by atoms with Crippen LogP contribution in [0.3, 0.4) is 0 Å². The average molecular weight is 550 g/mol. The molecule has 3 heterocycles. The maximum atomic E-state index is 12.4. The van der Waals surface area contributed by atoms with Crippen LogP contribution < -0.4 is 9.47 Å². The number of likely N-dealkylation sites (tertiary alicyclic amines) is 1. The summed E-state index contributed by atoms with van der Waals surface area (Å²) in [6.07, 6.45) is 5.03. The highest BCUT2D eigenvalue weighted by Gasteiger charge is 2.27. The fraction of sp³-hybridized carbons (Fsp3) is 0.480. The topological polar surface area (TPSA) is 64.6 Å². The lowest BCUT2D eigenvalue weighted by atomic mass is 9.97. The molecule has 0 N–H and O–H groups in total. The molecule has 1 fully saturated rings. The summed E-state index contributed by atoms with van der Waals surface area (Å²) in [5.41, 5.74) is 2.38. The van der Waals surface area contributed by atoms with E-state index in [0.717, 1.165) is 57.9 Å². The van der Waals surface area contributed by atoms with E-state index in [1.165, 1.54) is 0 Å². The van der Waals surface area contributed by atoms with Crippen LogP contribution >= 0.6 is 27.7 Å². The zero-order chi connectivity index (χ0) is 24.3. The van der Waals surface area contributed by atoms with Gasteiger partial charge >= 0.3 is 12.0 Å². The van der Waals surface area contributed by atoms with Crippen molar-refractivity contribution in [1.29, 1.82) is 0 Å². The summed E-state index contributed by atoms with van der Waals surface area (Å²) in [5, 5.41) is 0. The number of aromatic nitrogens is 2. The Labute approximate surface area is 212 Å². The van der Waals surface area contributed by atoms with Gasteiger partial charge in [-0.2, -0.15) is 0 Å². The van der Waals surface area contributed by atoms with Gasteiger partial charge in [-0.25, -0.2) is 9.97 Å². The number of thioether (sulfide) groups is 1. The van der Waals surface area contributed by atoms with Gasteiger partial charge in [-0.05, 0) is 57.4 Å². The molecule has 1 atom stereocenters. The molecule has 6 nitrogen and oxygen atoms in total. The third kappa shape index (κ3) is 5.98. The molecule has 2 aliphatic heterocycles. The summed E-state index contributed by atoms with van der Waals surface area (Å²) in [6.45, 7) is 7.66. The molecule has 0 amide bonds. The highest BCUT2D eigenvalue weighted by Crippen LogP contribution is 2.44. The molecular formula is C25H29BrFN3O3S. The number of fused-ring (bicyclic) bond motifs is 1. The molecule has 1 aromatic carbocycles. The second-order valence-electron chi connectivity index (χ2n) is 9.49. The number of rotatable bonds is 7. The van der Waals surface area contributed by atoms with Crippen molar-refractivity contribution in [3.63, 3.8) is 0 Å². The van der Waals surface area contributed by atoms with E-state index in [1.807, 2.05) is 39.0 Å². The first-order chi connectivity index (χ1) is 16.2. The molecule has 1 aromatic heterocycles. The molecule has 0 spiro atoms. The van der Waals surface area contributed by atoms with Crippen LogP contribution in [-0.4, -0.2) is 59.0 Å². The number of nitrogens with zero attached hydrogens (tertiary/aromatic N) is 3. The third-order valence-corrected chi connectivity index (χ3v) is 7.83. The number of benzene rings is 1. The molecule has 4 rings (SSSR count).